The van der Waals surface area contributed by atoms with Gasteiger partial charge in [0.15, 0.2) is 0 Å². The molecule has 0 aliphatic heterocycles. The maximum absolute atomic E-state index is 6.04. The summed E-state index contributed by atoms with van der Waals surface area (Å²) in [5.41, 5.74) is 3.27. The zero-order valence-electron chi connectivity index (χ0n) is 10.5. The summed E-state index contributed by atoms with van der Waals surface area (Å²) in [4.78, 5) is 4.60. The van der Waals surface area contributed by atoms with E-state index in [0.717, 1.165) is 32.3 Å². The topological polar surface area (TPSA) is 17.8 Å². The van der Waals surface area contributed by atoms with Crippen LogP contribution in [0.5, 0.6) is 0 Å². The SMILES string of the molecule is ClCc1nc2cc(Br)ccc2n1Cc1ccccc1Br. The van der Waals surface area contributed by atoms with Crippen molar-refractivity contribution in [2.75, 3.05) is 0 Å². The van der Waals surface area contributed by atoms with Gasteiger partial charge in [0.05, 0.1) is 23.5 Å². The highest BCUT2D eigenvalue weighted by molar-refractivity contribution is 9.10. The molecule has 0 amide bonds. The van der Waals surface area contributed by atoms with E-state index in [1.807, 2.05) is 30.3 Å². The Morgan fingerprint density at radius 3 is 2.65 bits per heavy atom. The largest absolute Gasteiger partial charge is 0.322 e. The molecule has 0 fully saturated rings. The molecule has 1 aromatic heterocycles. The number of imidazole rings is 1. The van der Waals surface area contributed by atoms with Crippen molar-refractivity contribution >= 4 is 54.5 Å². The van der Waals surface area contributed by atoms with Crippen LogP contribution in [0.2, 0.25) is 0 Å². The van der Waals surface area contributed by atoms with Gasteiger partial charge in [0.25, 0.3) is 0 Å². The van der Waals surface area contributed by atoms with Gasteiger partial charge in [0.1, 0.15) is 5.82 Å². The summed E-state index contributed by atoms with van der Waals surface area (Å²) >= 11 is 13.1. The highest BCUT2D eigenvalue weighted by Crippen LogP contribution is 2.25. The van der Waals surface area contributed by atoms with Crippen LogP contribution in [0.3, 0.4) is 0 Å². The van der Waals surface area contributed by atoms with Gasteiger partial charge in [-0.05, 0) is 29.8 Å². The Kier molecular flexibility index (Phi) is 4.15. The van der Waals surface area contributed by atoms with Crippen LogP contribution >= 0.6 is 43.5 Å². The quantitative estimate of drug-likeness (QED) is 0.529. The molecule has 5 heteroatoms. The lowest BCUT2D eigenvalue weighted by molar-refractivity contribution is 0.776. The molecule has 0 N–H and O–H groups in total. The van der Waals surface area contributed by atoms with Crippen molar-refractivity contribution in [2.24, 2.45) is 0 Å². The van der Waals surface area contributed by atoms with Gasteiger partial charge in [-0.2, -0.15) is 0 Å². The molecule has 1 heterocycles. The third-order valence-electron chi connectivity index (χ3n) is 3.20. The van der Waals surface area contributed by atoms with Crippen LogP contribution in [0.15, 0.2) is 51.4 Å². The molecule has 0 atom stereocenters. The average Bonchev–Trinajstić information content (AvgIpc) is 2.78. The molecular weight excluding hydrogens is 403 g/mol. The number of aromatic nitrogens is 2. The van der Waals surface area contributed by atoms with Crippen molar-refractivity contribution < 1.29 is 0 Å². The molecule has 102 valence electrons. The molecule has 3 aromatic rings. The Morgan fingerprint density at radius 2 is 1.90 bits per heavy atom. The van der Waals surface area contributed by atoms with E-state index in [4.69, 9.17) is 11.6 Å². The zero-order valence-corrected chi connectivity index (χ0v) is 14.4. The van der Waals surface area contributed by atoms with Crippen LogP contribution < -0.4 is 0 Å². The van der Waals surface area contributed by atoms with Crippen LogP contribution in [-0.2, 0) is 12.4 Å². The second-order valence-corrected chi connectivity index (χ2v) is 6.51. The van der Waals surface area contributed by atoms with Gasteiger partial charge >= 0.3 is 0 Å². The van der Waals surface area contributed by atoms with Gasteiger partial charge in [-0.25, -0.2) is 4.98 Å². The molecule has 2 nitrogen and oxygen atoms in total. The fourth-order valence-corrected chi connectivity index (χ4v) is 3.19. The van der Waals surface area contributed by atoms with Gasteiger partial charge in [-0.15, -0.1) is 11.6 Å². The fourth-order valence-electron chi connectivity index (χ4n) is 2.23. The summed E-state index contributed by atoms with van der Waals surface area (Å²) in [5.74, 6) is 1.28. The highest BCUT2D eigenvalue weighted by atomic mass is 79.9. The van der Waals surface area contributed by atoms with Crippen LogP contribution in [0, 0.1) is 0 Å². The molecule has 2 aromatic carbocycles. The van der Waals surface area contributed by atoms with E-state index in [2.05, 4.69) is 53.5 Å². The number of alkyl halides is 1. The number of nitrogens with zero attached hydrogens (tertiary/aromatic N) is 2. The third kappa shape index (κ3) is 2.65. The number of hydrogen-bond donors (Lipinski definition) is 0. The Balaban J connectivity index is 2.12. The lowest BCUT2D eigenvalue weighted by atomic mass is 10.2. The Morgan fingerprint density at radius 1 is 1.10 bits per heavy atom. The predicted octanol–water partition coefficient (Wildman–Crippen LogP) is 5.35. The fraction of sp³-hybridized carbons (Fsp3) is 0.133. The van der Waals surface area contributed by atoms with E-state index in [0.29, 0.717) is 5.88 Å². The number of rotatable bonds is 3. The first kappa shape index (κ1) is 14.1. The molecule has 0 bridgehead atoms. The first-order chi connectivity index (χ1) is 9.69. The van der Waals surface area contributed by atoms with Crippen LogP contribution in [0.1, 0.15) is 11.4 Å². The smallest absolute Gasteiger partial charge is 0.125 e. The maximum Gasteiger partial charge on any atom is 0.125 e. The Hall–Kier alpha value is -0.840. The minimum Gasteiger partial charge on any atom is -0.322 e. The molecule has 0 aliphatic carbocycles. The highest BCUT2D eigenvalue weighted by Gasteiger charge is 2.11. The molecular formula is C15H11Br2ClN2. The van der Waals surface area contributed by atoms with Crippen molar-refractivity contribution in [2.45, 2.75) is 12.4 Å². The van der Waals surface area contributed by atoms with Crippen LogP contribution in [0.25, 0.3) is 11.0 Å². The van der Waals surface area contributed by atoms with Crippen LogP contribution in [0.4, 0.5) is 0 Å². The van der Waals surface area contributed by atoms with Crippen molar-refractivity contribution in [3.63, 3.8) is 0 Å². The molecule has 0 saturated heterocycles. The molecule has 0 aliphatic rings. The Labute approximate surface area is 139 Å². The molecule has 20 heavy (non-hydrogen) atoms. The summed E-state index contributed by atoms with van der Waals surface area (Å²) in [5, 5.41) is 0. The third-order valence-corrected chi connectivity index (χ3v) is 4.70. The van der Waals surface area contributed by atoms with E-state index in [1.54, 1.807) is 0 Å². The average molecular weight is 415 g/mol. The number of benzene rings is 2. The van der Waals surface area contributed by atoms with E-state index in [9.17, 15) is 0 Å². The van der Waals surface area contributed by atoms with Gasteiger partial charge in [0.2, 0.25) is 0 Å². The van der Waals surface area contributed by atoms with Gasteiger partial charge in [0, 0.05) is 8.95 Å². The minimum absolute atomic E-state index is 0.400. The summed E-state index contributed by atoms with van der Waals surface area (Å²) in [6, 6.07) is 14.3. The molecule has 0 spiro atoms. The summed E-state index contributed by atoms with van der Waals surface area (Å²) < 4.78 is 4.28. The number of fused-ring (bicyclic) bond motifs is 1. The normalized spacial score (nSPS) is 11.2. The lowest BCUT2D eigenvalue weighted by Gasteiger charge is -2.09. The van der Waals surface area contributed by atoms with Crippen molar-refractivity contribution in [3.8, 4) is 0 Å². The second-order valence-electron chi connectivity index (χ2n) is 4.47. The number of halogens is 3. The first-order valence-electron chi connectivity index (χ1n) is 6.13. The van der Waals surface area contributed by atoms with Crippen molar-refractivity contribution in [3.05, 3.63) is 62.8 Å². The van der Waals surface area contributed by atoms with E-state index in [1.165, 1.54) is 5.56 Å². The van der Waals surface area contributed by atoms with E-state index < -0.39 is 0 Å². The molecule has 0 unspecified atom stereocenters. The second kappa shape index (κ2) is 5.88. The number of hydrogen-bond acceptors (Lipinski definition) is 1. The molecule has 0 saturated carbocycles. The first-order valence-corrected chi connectivity index (χ1v) is 8.25. The predicted molar refractivity (Wildman–Crippen MR) is 90.2 cm³/mol. The Bertz CT molecular complexity index is 768. The summed E-state index contributed by atoms with van der Waals surface area (Å²) in [7, 11) is 0. The monoisotopic (exact) mass is 412 g/mol. The van der Waals surface area contributed by atoms with E-state index in [-0.39, 0.29) is 0 Å². The maximum atomic E-state index is 6.04. The lowest BCUT2D eigenvalue weighted by Crippen LogP contribution is -2.04. The molecule has 0 radical (unpaired) electrons. The standard InChI is InChI=1S/C15H11Br2ClN2/c16-11-5-6-14-13(7-11)19-15(8-18)20(14)9-10-3-1-2-4-12(10)17/h1-7H,8-9H2. The van der Waals surface area contributed by atoms with E-state index >= 15 is 0 Å². The minimum atomic E-state index is 0.400. The van der Waals surface area contributed by atoms with Crippen LogP contribution in [-0.4, -0.2) is 9.55 Å². The molecule has 3 rings (SSSR count). The van der Waals surface area contributed by atoms with Crippen molar-refractivity contribution in [1.29, 1.82) is 0 Å². The van der Waals surface area contributed by atoms with Gasteiger partial charge < -0.3 is 4.57 Å². The summed E-state index contributed by atoms with van der Waals surface area (Å²) in [6.45, 7) is 0.752. The van der Waals surface area contributed by atoms with Gasteiger partial charge in [-0.1, -0.05) is 50.1 Å². The zero-order chi connectivity index (χ0) is 14.1. The van der Waals surface area contributed by atoms with Crippen molar-refractivity contribution in [1.82, 2.24) is 9.55 Å². The van der Waals surface area contributed by atoms with Gasteiger partial charge in [-0.3, -0.25) is 0 Å². The summed E-state index contributed by atoms with van der Waals surface area (Å²) in [6.07, 6.45) is 0.